The fraction of sp³-hybridized carbons (Fsp3) is 0.250. The van der Waals surface area contributed by atoms with E-state index >= 15 is 0 Å². The summed E-state index contributed by atoms with van der Waals surface area (Å²) in [6, 6.07) is 11.4. The van der Waals surface area contributed by atoms with Crippen molar-refractivity contribution in [3.8, 4) is 0 Å². The highest BCUT2D eigenvalue weighted by Crippen LogP contribution is 2.22. The van der Waals surface area contributed by atoms with E-state index in [0.717, 1.165) is 23.2 Å². The molecule has 0 saturated carbocycles. The van der Waals surface area contributed by atoms with Gasteiger partial charge in [0.05, 0.1) is 28.1 Å². The Morgan fingerprint density at radius 2 is 1.87 bits per heavy atom. The summed E-state index contributed by atoms with van der Waals surface area (Å²) in [6.07, 6.45) is 1.19. The van der Waals surface area contributed by atoms with E-state index in [0.29, 0.717) is 20.0 Å². The predicted molar refractivity (Wildman–Crippen MR) is 115 cm³/mol. The lowest BCUT2D eigenvalue weighted by Crippen LogP contribution is -2.23. The summed E-state index contributed by atoms with van der Waals surface area (Å²) in [5.41, 5.74) is 1.35. The zero-order chi connectivity index (χ0) is 21.9. The third-order valence-electron chi connectivity index (χ3n) is 4.16. The second kappa shape index (κ2) is 9.11. The van der Waals surface area contributed by atoms with Crippen LogP contribution in [0.25, 0.3) is 10.2 Å². The van der Waals surface area contributed by atoms with E-state index in [2.05, 4.69) is 4.99 Å². The molecule has 0 fully saturated rings. The molecule has 158 valence electrons. The quantitative estimate of drug-likeness (QED) is 0.520. The Morgan fingerprint density at radius 1 is 1.17 bits per heavy atom. The molecule has 0 aliphatic carbocycles. The SMILES string of the molecule is CCOC(=O)Cn1c(=NC(=O)Cc2ccc(Cl)cc2)sc2cc(S(C)(=O)=O)ccc21. The average molecular weight is 467 g/mol. The molecule has 0 saturated heterocycles. The molecule has 30 heavy (non-hydrogen) atoms. The lowest BCUT2D eigenvalue weighted by Gasteiger charge is -2.05. The summed E-state index contributed by atoms with van der Waals surface area (Å²) in [4.78, 5) is 29.2. The van der Waals surface area contributed by atoms with Crippen molar-refractivity contribution >= 4 is 54.9 Å². The number of thiazole rings is 1. The summed E-state index contributed by atoms with van der Waals surface area (Å²) in [7, 11) is -3.40. The smallest absolute Gasteiger partial charge is 0.326 e. The normalized spacial score (nSPS) is 12.3. The molecule has 0 atom stereocenters. The molecule has 0 aliphatic rings. The fourth-order valence-electron chi connectivity index (χ4n) is 2.78. The Kier molecular flexibility index (Phi) is 6.74. The van der Waals surface area contributed by atoms with Crippen molar-refractivity contribution in [2.24, 2.45) is 4.99 Å². The van der Waals surface area contributed by atoms with Crippen molar-refractivity contribution in [3.05, 3.63) is 57.9 Å². The van der Waals surface area contributed by atoms with Crippen LogP contribution in [0.5, 0.6) is 0 Å². The maximum atomic E-state index is 12.5. The van der Waals surface area contributed by atoms with Crippen LogP contribution in [0.3, 0.4) is 0 Å². The first-order chi connectivity index (χ1) is 14.2. The van der Waals surface area contributed by atoms with Crippen LogP contribution in [0.1, 0.15) is 12.5 Å². The second-order valence-corrected chi connectivity index (χ2v) is 9.95. The number of hydrogen-bond acceptors (Lipinski definition) is 6. The lowest BCUT2D eigenvalue weighted by molar-refractivity contribution is -0.143. The summed E-state index contributed by atoms with van der Waals surface area (Å²) < 4.78 is 30.9. The van der Waals surface area contributed by atoms with Gasteiger partial charge < -0.3 is 9.30 Å². The van der Waals surface area contributed by atoms with Crippen molar-refractivity contribution < 1.29 is 22.7 Å². The third kappa shape index (κ3) is 5.35. The van der Waals surface area contributed by atoms with Crippen molar-refractivity contribution in [1.29, 1.82) is 0 Å². The average Bonchev–Trinajstić information content (AvgIpc) is 2.99. The first-order valence-electron chi connectivity index (χ1n) is 8.98. The first kappa shape index (κ1) is 22.2. The number of aromatic nitrogens is 1. The number of rotatable bonds is 6. The molecule has 0 bridgehead atoms. The van der Waals surface area contributed by atoms with E-state index in [-0.39, 0.29) is 24.5 Å². The molecule has 1 aromatic heterocycles. The van der Waals surface area contributed by atoms with E-state index in [1.54, 1.807) is 41.8 Å². The van der Waals surface area contributed by atoms with Crippen LogP contribution in [0, 0.1) is 0 Å². The van der Waals surface area contributed by atoms with Crippen LogP contribution in [-0.2, 0) is 37.1 Å². The molecule has 3 aromatic rings. The van der Waals surface area contributed by atoms with Gasteiger partial charge in [0.1, 0.15) is 6.54 Å². The van der Waals surface area contributed by atoms with Crippen LogP contribution in [0.4, 0.5) is 0 Å². The van der Waals surface area contributed by atoms with Gasteiger partial charge in [0.2, 0.25) is 0 Å². The Morgan fingerprint density at radius 3 is 2.50 bits per heavy atom. The summed E-state index contributed by atoms with van der Waals surface area (Å²) >= 11 is 7.00. The molecular weight excluding hydrogens is 448 g/mol. The van der Waals surface area contributed by atoms with Crippen LogP contribution in [0.15, 0.2) is 52.4 Å². The molecule has 0 radical (unpaired) electrons. The van der Waals surface area contributed by atoms with Gasteiger partial charge in [0.25, 0.3) is 5.91 Å². The van der Waals surface area contributed by atoms with Crippen LogP contribution >= 0.6 is 22.9 Å². The van der Waals surface area contributed by atoms with Gasteiger partial charge in [0, 0.05) is 11.3 Å². The fourth-order valence-corrected chi connectivity index (χ4v) is 4.71. The molecule has 1 amide bonds. The van der Waals surface area contributed by atoms with Crippen LogP contribution in [-0.4, -0.2) is 37.7 Å². The number of carbonyl (C=O) groups excluding carboxylic acids is 2. The standard InChI is InChI=1S/C20H19ClN2O5S2/c1-3-28-19(25)12-23-16-9-8-15(30(2,26)27)11-17(16)29-20(23)22-18(24)10-13-4-6-14(21)7-5-13/h4-9,11H,3,10,12H2,1-2H3. The zero-order valence-electron chi connectivity index (χ0n) is 16.3. The van der Waals surface area contributed by atoms with Gasteiger partial charge in [-0.3, -0.25) is 9.59 Å². The number of amides is 1. The number of nitrogens with zero attached hydrogens (tertiary/aromatic N) is 2. The van der Waals surface area contributed by atoms with Crippen molar-refractivity contribution in [1.82, 2.24) is 4.57 Å². The number of hydrogen-bond donors (Lipinski definition) is 0. The van der Waals surface area contributed by atoms with Crippen molar-refractivity contribution in [2.45, 2.75) is 24.8 Å². The van der Waals surface area contributed by atoms with Gasteiger partial charge in [-0.05, 0) is 42.8 Å². The third-order valence-corrected chi connectivity index (χ3v) is 6.57. The Bertz CT molecular complexity index is 1270. The summed E-state index contributed by atoms with van der Waals surface area (Å²) in [5, 5.41) is 0.571. The maximum Gasteiger partial charge on any atom is 0.326 e. The van der Waals surface area contributed by atoms with Gasteiger partial charge in [0.15, 0.2) is 14.6 Å². The minimum Gasteiger partial charge on any atom is -0.465 e. The number of carbonyl (C=O) groups is 2. The molecule has 1 heterocycles. The van der Waals surface area contributed by atoms with E-state index in [1.807, 2.05) is 0 Å². The molecule has 3 rings (SSSR count). The molecule has 0 spiro atoms. The van der Waals surface area contributed by atoms with Gasteiger partial charge in [-0.25, -0.2) is 8.42 Å². The number of esters is 1. The molecule has 0 aliphatic heterocycles. The van der Waals surface area contributed by atoms with Crippen molar-refractivity contribution in [2.75, 3.05) is 12.9 Å². The highest BCUT2D eigenvalue weighted by atomic mass is 35.5. The highest BCUT2D eigenvalue weighted by molar-refractivity contribution is 7.90. The number of ether oxygens (including phenoxy) is 1. The lowest BCUT2D eigenvalue weighted by atomic mass is 10.1. The molecule has 0 unspecified atom stereocenters. The summed E-state index contributed by atoms with van der Waals surface area (Å²) in [6.45, 7) is 1.79. The largest absolute Gasteiger partial charge is 0.465 e. The summed E-state index contributed by atoms with van der Waals surface area (Å²) in [5.74, 6) is -0.874. The Hall–Kier alpha value is -2.49. The van der Waals surface area contributed by atoms with Crippen LogP contribution < -0.4 is 4.80 Å². The van der Waals surface area contributed by atoms with E-state index in [4.69, 9.17) is 16.3 Å². The monoisotopic (exact) mass is 466 g/mol. The highest BCUT2D eigenvalue weighted by Gasteiger charge is 2.15. The van der Waals surface area contributed by atoms with Gasteiger partial charge >= 0.3 is 5.97 Å². The molecule has 2 aromatic carbocycles. The molecule has 10 heteroatoms. The van der Waals surface area contributed by atoms with E-state index < -0.39 is 21.7 Å². The minimum absolute atomic E-state index is 0.0689. The van der Waals surface area contributed by atoms with Crippen LogP contribution in [0.2, 0.25) is 5.02 Å². The first-order valence-corrected chi connectivity index (χ1v) is 12.1. The van der Waals surface area contributed by atoms with E-state index in [9.17, 15) is 18.0 Å². The van der Waals surface area contributed by atoms with Gasteiger partial charge in [-0.1, -0.05) is 35.1 Å². The van der Waals surface area contributed by atoms with Crippen molar-refractivity contribution in [3.63, 3.8) is 0 Å². The molecule has 7 nitrogen and oxygen atoms in total. The molecular formula is C20H19ClN2O5S2. The number of fused-ring (bicyclic) bond motifs is 1. The van der Waals surface area contributed by atoms with Gasteiger partial charge in [-0.15, -0.1) is 0 Å². The Balaban J connectivity index is 2.05. The predicted octanol–water partition coefficient (Wildman–Crippen LogP) is 2.99. The number of halogens is 1. The number of sulfone groups is 1. The van der Waals surface area contributed by atoms with E-state index in [1.165, 1.54) is 12.1 Å². The molecule has 0 N–H and O–H groups in total. The second-order valence-electron chi connectivity index (χ2n) is 6.49. The maximum absolute atomic E-state index is 12.5. The Labute approximate surface area is 182 Å². The number of benzene rings is 2. The van der Waals surface area contributed by atoms with Gasteiger partial charge in [-0.2, -0.15) is 4.99 Å². The zero-order valence-corrected chi connectivity index (χ0v) is 18.7. The topological polar surface area (TPSA) is 94.8 Å². The minimum atomic E-state index is -3.40.